The zero-order valence-corrected chi connectivity index (χ0v) is 9.79. The van der Waals surface area contributed by atoms with Crippen molar-refractivity contribution in [2.24, 2.45) is 11.7 Å². The predicted molar refractivity (Wildman–Crippen MR) is 62.0 cm³/mol. The summed E-state index contributed by atoms with van der Waals surface area (Å²) in [7, 11) is 0. The van der Waals surface area contributed by atoms with Crippen LogP contribution in [0.25, 0.3) is 0 Å². The van der Waals surface area contributed by atoms with E-state index in [9.17, 15) is 15.0 Å². The lowest BCUT2D eigenvalue weighted by atomic mass is 9.91. The molecule has 0 spiro atoms. The fourth-order valence-corrected chi connectivity index (χ4v) is 1.41. The van der Waals surface area contributed by atoms with Crippen molar-refractivity contribution >= 4 is 5.97 Å². The Hall–Kier alpha value is -1.43. The lowest BCUT2D eigenvalue weighted by Crippen LogP contribution is -2.41. The Balaban J connectivity index is 3.00. The van der Waals surface area contributed by atoms with E-state index in [0.717, 1.165) is 0 Å². The number of aliphatic hydroxyl groups excluding tert-OH is 1. The van der Waals surface area contributed by atoms with Crippen molar-refractivity contribution in [3.8, 4) is 0 Å². The van der Waals surface area contributed by atoms with E-state index in [-0.39, 0.29) is 11.5 Å². The molecule has 0 aliphatic rings. The topological polar surface area (TPSA) is 104 Å². The number of aliphatic hydroxyl groups is 2. The number of nitrogens with two attached hydrogens (primary N) is 1. The van der Waals surface area contributed by atoms with Crippen LogP contribution in [0.3, 0.4) is 0 Å². The summed E-state index contributed by atoms with van der Waals surface area (Å²) in [6.07, 6.45) is -1.56. The van der Waals surface area contributed by atoms with Gasteiger partial charge in [-0.2, -0.15) is 0 Å². The number of carboxylic acid groups (broad SMARTS) is 1. The molecule has 1 rings (SSSR count). The second-order valence-corrected chi connectivity index (χ2v) is 4.34. The van der Waals surface area contributed by atoms with Crippen LogP contribution in [-0.4, -0.2) is 21.3 Å². The van der Waals surface area contributed by atoms with Gasteiger partial charge in [-0.3, -0.25) is 5.73 Å². The van der Waals surface area contributed by atoms with Crippen LogP contribution in [-0.2, 0) is 10.5 Å². The van der Waals surface area contributed by atoms with Crippen LogP contribution < -0.4 is 5.73 Å². The summed E-state index contributed by atoms with van der Waals surface area (Å²) in [5, 5.41) is 27.9. The molecule has 0 aliphatic carbocycles. The Kier molecular flexibility index (Phi) is 3.87. The van der Waals surface area contributed by atoms with Crippen LogP contribution in [0, 0.1) is 5.92 Å². The summed E-state index contributed by atoms with van der Waals surface area (Å²) in [6, 6.07) is 5.91. The molecule has 1 aromatic rings. The van der Waals surface area contributed by atoms with Gasteiger partial charge in [-0.05, 0) is 17.0 Å². The number of hydrogen-bond donors (Lipinski definition) is 4. The highest BCUT2D eigenvalue weighted by Gasteiger charge is 2.28. The van der Waals surface area contributed by atoms with E-state index in [1.807, 2.05) is 0 Å². The minimum Gasteiger partial charge on any atom is -0.479 e. The van der Waals surface area contributed by atoms with Crippen molar-refractivity contribution in [1.29, 1.82) is 0 Å². The Bertz CT molecular complexity index is 397. The first-order valence-corrected chi connectivity index (χ1v) is 5.29. The summed E-state index contributed by atoms with van der Waals surface area (Å²) >= 11 is 0. The molecule has 0 aromatic heterocycles. The Morgan fingerprint density at radius 3 is 2.12 bits per heavy atom. The molecule has 1 aromatic carbocycles. The van der Waals surface area contributed by atoms with Gasteiger partial charge < -0.3 is 15.3 Å². The van der Waals surface area contributed by atoms with Crippen molar-refractivity contribution in [2.75, 3.05) is 0 Å². The van der Waals surface area contributed by atoms with Crippen LogP contribution in [0.5, 0.6) is 0 Å². The molecule has 0 saturated heterocycles. The van der Waals surface area contributed by atoms with Gasteiger partial charge in [0.15, 0.2) is 6.10 Å². The molecule has 5 N–H and O–H groups in total. The first-order valence-electron chi connectivity index (χ1n) is 5.29. The molecule has 17 heavy (non-hydrogen) atoms. The molecule has 0 saturated carbocycles. The largest absolute Gasteiger partial charge is 0.479 e. The van der Waals surface area contributed by atoms with Crippen LogP contribution >= 0.6 is 0 Å². The van der Waals surface area contributed by atoms with E-state index in [1.165, 1.54) is 24.3 Å². The highest BCUT2D eigenvalue weighted by Crippen LogP contribution is 2.25. The summed E-state index contributed by atoms with van der Waals surface area (Å²) in [5.74, 6) is -1.50. The van der Waals surface area contributed by atoms with Crippen molar-refractivity contribution in [3.05, 3.63) is 35.4 Å². The molecule has 0 amide bonds. The van der Waals surface area contributed by atoms with E-state index in [4.69, 9.17) is 10.8 Å². The SMILES string of the molecule is CC(C)C(N)(O)c1ccc(C(O)C(=O)O)cc1. The number of hydrogen-bond acceptors (Lipinski definition) is 4. The van der Waals surface area contributed by atoms with Crippen LogP contribution in [0.15, 0.2) is 24.3 Å². The van der Waals surface area contributed by atoms with Gasteiger partial charge in [0, 0.05) is 0 Å². The first-order chi connectivity index (χ1) is 7.76. The molecular formula is C12H17NO4. The lowest BCUT2D eigenvalue weighted by Gasteiger charge is -2.28. The van der Waals surface area contributed by atoms with Crippen molar-refractivity contribution in [1.82, 2.24) is 0 Å². The zero-order valence-electron chi connectivity index (χ0n) is 9.79. The Labute approximate surface area is 99.5 Å². The number of carbonyl (C=O) groups is 1. The minimum absolute atomic E-state index is 0.183. The van der Waals surface area contributed by atoms with E-state index >= 15 is 0 Å². The maximum atomic E-state index is 10.6. The second-order valence-electron chi connectivity index (χ2n) is 4.34. The smallest absolute Gasteiger partial charge is 0.337 e. The first kappa shape index (κ1) is 13.6. The molecule has 5 nitrogen and oxygen atoms in total. The van der Waals surface area contributed by atoms with E-state index in [2.05, 4.69) is 0 Å². The highest BCUT2D eigenvalue weighted by atomic mass is 16.4. The molecule has 5 heteroatoms. The fraction of sp³-hybridized carbons (Fsp3) is 0.417. The normalized spacial score (nSPS) is 16.6. The monoisotopic (exact) mass is 239 g/mol. The summed E-state index contributed by atoms with van der Waals surface area (Å²) in [4.78, 5) is 10.6. The Morgan fingerprint density at radius 1 is 1.29 bits per heavy atom. The summed E-state index contributed by atoms with van der Waals surface area (Å²) < 4.78 is 0. The van der Waals surface area contributed by atoms with Gasteiger partial charge in [0.25, 0.3) is 0 Å². The maximum Gasteiger partial charge on any atom is 0.337 e. The van der Waals surface area contributed by atoms with Crippen LogP contribution in [0.4, 0.5) is 0 Å². The average Bonchev–Trinajstić information content (AvgIpc) is 2.27. The van der Waals surface area contributed by atoms with Gasteiger partial charge in [0.05, 0.1) is 0 Å². The molecule has 2 atom stereocenters. The third kappa shape index (κ3) is 2.82. The second kappa shape index (κ2) is 4.83. The van der Waals surface area contributed by atoms with Crippen molar-refractivity contribution in [2.45, 2.75) is 25.7 Å². The van der Waals surface area contributed by atoms with Gasteiger partial charge in [0.1, 0.15) is 5.72 Å². The van der Waals surface area contributed by atoms with Gasteiger partial charge in [-0.15, -0.1) is 0 Å². The van der Waals surface area contributed by atoms with Gasteiger partial charge in [-0.25, -0.2) is 4.79 Å². The summed E-state index contributed by atoms with van der Waals surface area (Å²) in [5.41, 5.74) is 5.01. The van der Waals surface area contributed by atoms with Gasteiger partial charge >= 0.3 is 5.97 Å². The van der Waals surface area contributed by atoms with Gasteiger partial charge in [0.2, 0.25) is 0 Å². The number of carboxylic acids is 1. The quantitative estimate of drug-likeness (QED) is 0.575. The molecule has 0 bridgehead atoms. The molecule has 0 radical (unpaired) electrons. The zero-order chi connectivity index (χ0) is 13.2. The highest BCUT2D eigenvalue weighted by molar-refractivity contribution is 5.73. The molecule has 0 fully saturated rings. The third-order valence-electron chi connectivity index (χ3n) is 2.80. The average molecular weight is 239 g/mol. The molecule has 94 valence electrons. The number of benzene rings is 1. The lowest BCUT2D eigenvalue weighted by molar-refractivity contribution is -0.146. The van der Waals surface area contributed by atoms with E-state index in [0.29, 0.717) is 5.56 Å². The van der Waals surface area contributed by atoms with E-state index < -0.39 is 17.8 Å². The van der Waals surface area contributed by atoms with Crippen LogP contribution in [0.2, 0.25) is 0 Å². The van der Waals surface area contributed by atoms with Crippen LogP contribution in [0.1, 0.15) is 31.1 Å². The van der Waals surface area contributed by atoms with Crippen molar-refractivity contribution < 1.29 is 20.1 Å². The van der Waals surface area contributed by atoms with E-state index in [1.54, 1.807) is 13.8 Å². The molecular weight excluding hydrogens is 222 g/mol. The third-order valence-corrected chi connectivity index (χ3v) is 2.80. The van der Waals surface area contributed by atoms with Crippen molar-refractivity contribution in [3.63, 3.8) is 0 Å². The molecule has 0 aliphatic heterocycles. The maximum absolute atomic E-state index is 10.6. The fourth-order valence-electron chi connectivity index (χ4n) is 1.41. The van der Waals surface area contributed by atoms with Gasteiger partial charge in [-0.1, -0.05) is 38.1 Å². The molecule has 0 heterocycles. The minimum atomic E-state index is -1.56. The number of aliphatic carboxylic acids is 1. The number of rotatable bonds is 4. The standard InChI is InChI=1S/C12H17NO4/c1-7(2)12(13,17)9-5-3-8(4-6-9)10(14)11(15)16/h3-7,10,14,17H,13H2,1-2H3,(H,15,16). The predicted octanol–water partition coefficient (Wildman–Crippen LogP) is 0.564. The summed E-state index contributed by atoms with van der Waals surface area (Å²) in [6.45, 7) is 3.56. The Morgan fingerprint density at radius 2 is 1.76 bits per heavy atom. The molecule has 2 unspecified atom stereocenters.